The molecule has 0 aliphatic carbocycles. The highest BCUT2D eigenvalue weighted by molar-refractivity contribution is 5.78. The number of hydrogen-bond acceptors (Lipinski definition) is 6. The van der Waals surface area contributed by atoms with Crippen LogP contribution >= 0.6 is 0 Å². The second-order valence-corrected chi connectivity index (χ2v) is 8.76. The minimum Gasteiger partial charge on any atom is -0.492 e. The van der Waals surface area contributed by atoms with E-state index < -0.39 is 0 Å². The average molecular weight is 417 g/mol. The molecule has 0 bridgehead atoms. The van der Waals surface area contributed by atoms with Gasteiger partial charge in [-0.25, -0.2) is 0 Å². The Hall–Kier alpha value is -1.67. The lowest BCUT2D eigenvalue weighted by Crippen LogP contribution is -2.57. The van der Waals surface area contributed by atoms with E-state index in [4.69, 9.17) is 9.47 Å². The number of carbonyl (C=O) groups excluding carboxylic acids is 1. The van der Waals surface area contributed by atoms with Gasteiger partial charge in [0, 0.05) is 64.5 Å². The summed E-state index contributed by atoms with van der Waals surface area (Å²) in [7, 11) is 0. The van der Waals surface area contributed by atoms with Crippen molar-refractivity contribution in [3.63, 3.8) is 0 Å². The molecule has 1 N–H and O–H groups in total. The largest absolute Gasteiger partial charge is 0.492 e. The van der Waals surface area contributed by atoms with Crippen molar-refractivity contribution in [2.75, 3.05) is 72.1 Å². The Bertz CT molecular complexity index is 685. The number of piperidine rings is 1. The van der Waals surface area contributed by atoms with Crippen molar-refractivity contribution in [3.05, 3.63) is 29.8 Å². The molecule has 7 nitrogen and oxygen atoms in total. The summed E-state index contributed by atoms with van der Waals surface area (Å²) < 4.78 is 12.1. The van der Waals surface area contributed by atoms with Crippen LogP contribution in [0.3, 0.4) is 0 Å². The molecule has 1 aromatic rings. The number of hydrogen-bond donors (Lipinski definition) is 1. The number of nitrogens with zero attached hydrogens (tertiary/aromatic N) is 3. The van der Waals surface area contributed by atoms with Gasteiger partial charge in [0.25, 0.3) is 0 Å². The molecule has 0 radical (unpaired) electrons. The second-order valence-electron chi connectivity index (χ2n) is 8.76. The van der Waals surface area contributed by atoms with Gasteiger partial charge in [0.15, 0.2) is 0 Å². The molecule has 0 saturated carbocycles. The second kappa shape index (κ2) is 10.1. The highest BCUT2D eigenvalue weighted by atomic mass is 16.5. The number of nitrogens with one attached hydrogen (secondary N) is 1. The summed E-state index contributed by atoms with van der Waals surface area (Å²) >= 11 is 0. The predicted molar refractivity (Wildman–Crippen MR) is 117 cm³/mol. The van der Waals surface area contributed by atoms with Crippen LogP contribution in [-0.2, 0) is 16.1 Å². The maximum Gasteiger partial charge on any atom is 0.246 e. The summed E-state index contributed by atoms with van der Waals surface area (Å²) in [6, 6.07) is 8.42. The van der Waals surface area contributed by atoms with Crippen molar-refractivity contribution in [1.29, 1.82) is 0 Å². The molecule has 3 aliphatic rings. The number of morpholine rings is 1. The van der Waals surface area contributed by atoms with Gasteiger partial charge in [-0.1, -0.05) is 25.1 Å². The van der Waals surface area contributed by atoms with E-state index in [1.54, 1.807) is 0 Å². The van der Waals surface area contributed by atoms with Crippen LogP contribution in [0.5, 0.6) is 5.75 Å². The van der Waals surface area contributed by atoms with E-state index in [0.717, 1.165) is 84.1 Å². The van der Waals surface area contributed by atoms with Gasteiger partial charge in [-0.05, 0) is 25.5 Å². The molecule has 1 spiro atoms. The van der Waals surface area contributed by atoms with E-state index >= 15 is 0 Å². The first-order chi connectivity index (χ1) is 14.7. The van der Waals surface area contributed by atoms with Gasteiger partial charge >= 0.3 is 0 Å². The minimum atomic E-state index is -0.164. The highest BCUT2D eigenvalue weighted by Crippen LogP contribution is 2.29. The first-order valence-corrected chi connectivity index (χ1v) is 11.4. The number of para-hydroxylation sites is 1. The van der Waals surface area contributed by atoms with Crippen molar-refractivity contribution < 1.29 is 14.3 Å². The van der Waals surface area contributed by atoms with Crippen molar-refractivity contribution >= 4 is 5.91 Å². The number of rotatable bonds is 7. The van der Waals surface area contributed by atoms with Crippen molar-refractivity contribution in [1.82, 2.24) is 20.0 Å². The van der Waals surface area contributed by atoms with E-state index in [2.05, 4.69) is 51.2 Å². The monoisotopic (exact) mass is 416 g/mol. The first-order valence-electron chi connectivity index (χ1n) is 11.4. The summed E-state index contributed by atoms with van der Waals surface area (Å²) in [5.74, 6) is 1.01. The van der Waals surface area contributed by atoms with E-state index in [9.17, 15) is 4.79 Å². The third-order valence-corrected chi connectivity index (χ3v) is 6.83. The van der Waals surface area contributed by atoms with Crippen molar-refractivity contribution in [3.8, 4) is 5.75 Å². The van der Waals surface area contributed by atoms with Crippen LogP contribution < -0.4 is 10.1 Å². The molecular formula is C23H36N4O3. The lowest BCUT2D eigenvalue weighted by Gasteiger charge is -2.43. The zero-order valence-electron chi connectivity index (χ0n) is 18.3. The van der Waals surface area contributed by atoms with Gasteiger partial charge in [0.05, 0.1) is 5.60 Å². The maximum atomic E-state index is 11.4. The summed E-state index contributed by atoms with van der Waals surface area (Å²) in [6.45, 7) is 13.4. The fourth-order valence-corrected chi connectivity index (χ4v) is 4.65. The third-order valence-electron chi connectivity index (χ3n) is 6.83. The van der Waals surface area contributed by atoms with E-state index in [0.29, 0.717) is 6.54 Å². The van der Waals surface area contributed by atoms with Gasteiger partial charge in [0.1, 0.15) is 19.0 Å². The van der Waals surface area contributed by atoms with Crippen LogP contribution in [0.25, 0.3) is 0 Å². The molecule has 7 heteroatoms. The fourth-order valence-electron chi connectivity index (χ4n) is 4.65. The molecule has 1 aromatic carbocycles. The van der Waals surface area contributed by atoms with Gasteiger partial charge < -0.3 is 19.7 Å². The van der Waals surface area contributed by atoms with Gasteiger partial charge in [-0.15, -0.1) is 0 Å². The number of ether oxygens (including phenoxy) is 2. The molecule has 30 heavy (non-hydrogen) atoms. The average Bonchev–Trinajstić information content (AvgIpc) is 2.79. The van der Waals surface area contributed by atoms with Gasteiger partial charge in [-0.2, -0.15) is 0 Å². The van der Waals surface area contributed by atoms with Crippen LogP contribution in [-0.4, -0.2) is 98.3 Å². The van der Waals surface area contributed by atoms with Crippen LogP contribution in [0.15, 0.2) is 24.3 Å². The van der Waals surface area contributed by atoms with Crippen LogP contribution in [0, 0.1) is 0 Å². The van der Waals surface area contributed by atoms with Gasteiger partial charge in [0.2, 0.25) is 5.91 Å². The highest BCUT2D eigenvalue weighted by Gasteiger charge is 2.38. The Kier molecular flexibility index (Phi) is 7.25. The molecule has 166 valence electrons. The standard InChI is InChI=1S/C23H36N4O3/c1-2-25-11-13-26(14-12-25)15-16-29-21-6-4-3-5-20(21)17-27-9-7-23(8-10-27)19-24-22(28)18-30-23/h3-6H,2,7-19H2,1H3,(H,24,28). The Balaban J connectivity index is 1.23. The molecule has 0 aromatic heterocycles. The Morgan fingerprint density at radius 3 is 2.47 bits per heavy atom. The van der Waals surface area contributed by atoms with Crippen LogP contribution in [0.4, 0.5) is 0 Å². The van der Waals surface area contributed by atoms with Gasteiger partial charge in [-0.3, -0.25) is 14.6 Å². The summed E-state index contributed by atoms with van der Waals surface area (Å²) in [5, 5.41) is 2.96. The Labute approximate surface area is 180 Å². The molecule has 1 amide bonds. The number of benzene rings is 1. The Morgan fingerprint density at radius 1 is 1.03 bits per heavy atom. The van der Waals surface area contributed by atoms with E-state index in [1.807, 2.05) is 0 Å². The molecular weight excluding hydrogens is 380 g/mol. The molecule has 4 rings (SSSR count). The molecule has 3 aliphatic heterocycles. The quantitative estimate of drug-likeness (QED) is 0.721. The number of likely N-dealkylation sites (tertiary alicyclic amines) is 1. The molecule has 3 fully saturated rings. The van der Waals surface area contributed by atoms with E-state index in [-0.39, 0.29) is 18.1 Å². The SMILES string of the molecule is CCN1CCN(CCOc2ccccc2CN2CCC3(CC2)CNC(=O)CO3)CC1. The minimum absolute atomic E-state index is 0.00127. The normalized spacial score (nSPS) is 23.4. The lowest BCUT2D eigenvalue weighted by atomic mass is 9.90. The van der Waals surface area contributed by atoms with E-state index in [1.165, 1.54) is 5.56 Å². The topological polar surface area (TPSA) is 57.3 Å². The number of likely N-dealkylation sites (N-methyl/N-ethyl adjacent to an activating group) is 1. The summed E-state index contributed by atoms with van der Waals surface area (Å²) in [4.78, 5) is 18.9. The summed E-state index contributed by atoms with van der Waals surface area (Å²) in [5.41, 5.74) is 1.09. The molecule has 0 unspecified atom stereocenters. The zero-order valence-corrected chi connectivity index (χ0v) is 18.3. The fraction of sp³-hybridized carbons (Fsp3) is 0.696. The van der Waals surface area contributed by atoms with Crippen molar-refractivity contribution in [2.24, 2.45) is 0 Å². The lowest BCUT2D eigenvalue weighted by molar-refractivity contribution is -0.150. The molecule has 3 heterocycles. The zero-order chi connectivity index (χ0) is 20.8. The third kappa shape index (κ3) is 5.52. The predicted octanol–water partition coefficient (Wildman–Crippen LogP) is 1.18. The Morgan fingerprint density at radius 2 is 1.77 bits per heavy atom. The number of piperazine rings is 1. The van der Waals surface area contributed by atoms with Crippen LogP contribution in [0.2, 0.25) is 0 Å². The maximum absolute atomic E-state index is 11.4. The number of carbonyl (C=O) groups is 1. The molecule has 3 saturated heterocycles. The summed E-state index contributed by atoms with van der Waals surface area (Å²) in [6.07, 6.45) is 1.92. The smallest absolute Gasteiger partial charge is 0.246 e. The molecule has 0 atom stereocenters. The first kappa shape index (κ1) is 21.6. The number of amides is 1. The van der Waals surface area contributed by atoms with Crippen LogP contribution in [0.1, 0.15) is 25.3 Å². The van der Waals surface area contributed by atoms with Crippen molar-refractivity contribution in [2.45, 2.75) is 31.9 Å².